The van der Waals surface area contributed by atoms with E-state index in [4.69, 9.17) is 9.47 Å². The van der Waals surface area contributed by atoms with E-state index in [0.29, 0.717) is 17.2 Å². The molecule has 1 heterocycles. The predicted octanol–water partition coefficient (Wildman–Crippen LogP) is 4.68. The summed E-state index contributed by atoms with van der Waals surface area (Å²) in [6.07, 6.45) is 3.24. The molecule has 9 nitrogen and oxygen atoms in total. The van der Waals surface area contributed by atoms with Crippen LogP contribution in [-0.2, 0) is 14.8 Å². The smallest absolute Gasteiger partial charge is 0.243 e. The van der Waals surface area contributed by atoms with Gasteiger partial charge in [-0.05, 0) is 67.6 Å². The highest BCUT2D eigenvalue weighted by molar-refractivity contribution is 7.89. The van der Waals surface area contributed by atoms with Gasteiger partial charge >= 0.3 is 0 Å². The molecule has 0 saturated heterocycles. The minimum Gasteiger partial charge on any atom is -0.497 e. The molecule has 0 spiro atoms. The van der Waals surface area contributed by atoms with Gasteiger partial charge in [-0.2, -0.15) is 4.31 Å². The van der Waals surface area contributed by atoms with Gasteiger partial charge in [0, 0.05) is 24.0 Å². The van der Waals surface area contributed by atoms with Gasteiger partial charge in [0.1, 0.15) is 11.5 Å². The highest BCUT2D eigenvalue weighted by atomic mass is 32.2. The SMILES string of the molecule is C=CCN(CC(=O)Nc1nc(-c2ccc(OC)cc2)cn1-c1ccc(OC)cc1)S(=O)(=O)c1ccc(C)cc1. The Balaban J connectivity index is 1.65. The Morgan fingerprint density at radius 3 is 2.13 bits per heavy atom. The molecule has 202 valence electrons. The van der Waals surface area contributed by atoms with E-state index in [-0.39, 0.29) is 17.4 Å². The van der Waals surface area contributed by atoms with Gasteiger partial charge in [0.2, 0.25) is 21.9 Å². The van der Waals surface area contributed by atoms with Gasteiger partial charge in [0.25, 0.3) is 0 Å². The molecule has 4 rings (SSSR count). The van der Waals surface area contributed by atoms with Crippen LogP contribution >= 0.6 is 0 Å². The Labute approximate surface area is 228 Å². The van der Waals surface area contributed by atoms with Gasteiger partial charge in [-0.25, -0.2) is 13.4 Å². The summed E-state index contributed by atoms with van der Waals surface area (Å²) in [6.45, 7) is 5.07. The Hall–Kier alpha value is -4.41. The molecule has 1 N–H and O–H groups in total. The van der Waals surface area contributed by atoms with Crippen molar-refractivity contribution in [2.24, 2.45) is 0 Å². The standard InChI is InChI=1S/C29H30N4O5S/c1-5-18-32(39(35,36)26-16-6-21(2)7-17-26)20-28(34)31-29-30-27(22-8-12-24(37-3)13-9-22)19-33(29)23-10-14-25(38-4)15-11-23/h5-17,19H,1,18,20H2,2-4H3,(H,30,31,34). The second-order valence-corrected chi connectivity index (χ2v) is 10.6. The summed E-state index contributed by atoms with van der Waals surface area (Å²) < 4.78 is 39.8. The zero-order chi connectivity index (χ0) is 28.0. The molecule has 4 aromatic rings. The van der Waals surface area contributed by atoms with Crippen LogP contribution in [0, 0.1) is 6.92 Å². The summed E-state index contributed by atoms with van der Waals surface area (Å²) in [5, 5.41) is 2.79. The minimum atomic E-state index is -3.93. The number of aryl methyl sites for hydroxylation is 1. The van der Waals surface area contributed by atoms with Crippen molar-refractivity contribution in [2.75, 3.05) is 32.6 Å². The van der Waals surface area contributed by atoms with Crippen LogP contribution in [0.1, 0.15) is 5.56 Å². The van der Waals surface area contributed by atoms with E-state index in [0.717, 1.165) is 21.1 Å². The van der Waals surface area contributed by atoms with Crippen LogP contribution in [0.2, 0.25) is 0 Å². The summed E-state index contributed by atoms with van der Waals surface area (Å²) in [4.78, 5) is 18.0. The van der Waals surface area contributed by atoms with E-state index in [1.54, 1.807) is 49.2 Å². The lowest BCUT2D eigenvalue weighted by Gasteiger charge is -2.20. The molecule has 0 bridgehead atoms. The number of amides is 1. The Bertz CT molecular complexity index is 1540. The number of aromatic nitrogens is 2. The van der Waals surface area contributed by atoms with E-state index in [1.165, 1.54) is 18.2 Å². The number of hydrogen-bond donors (Lipinski definition) is 1. The molecule has 0 aliphatic carbocycles. The van der Waals surface area contributed by atoms with Gasteiger partial charge in [-0.15, -0.1) is 6.58 Å². The summed E-state index contributed by atoms with van der Waals surface area (Å²) in [5.41, 5.74) is 3.08. The number of benzene rings is 3. The lowest BCUT2D eigenvalue weighted by atomic mass is 10.1. The maximum atomic E-state index is 13.3. The Morgan fingerprint density at radius 2 is 1.56 bits per heavy atom. The lowest BCUT2D eigenvalue weighted by molar-refractivity contribution is -0.116. The largest absolute Gasteiger partial charge is 0.497 e. The molecule has 3 aromatic carbocycles. The van der Waals surface area contributed by atoms with Crippen LogP contribution in [-0.4, -0.2) is 55.5 Å². The third-order valence-electron chi connectivity index (χ3n) is 6.00. The highest BCUT2D eigenvalue weighted by Gasteiger charge is 2.26. The molecule has 0 atom stereocenters. The first-order chi connectivity index (χ1) is 18.7. The molecule has 1 amide bonds. The number of rotatable bonds is 11. The average molecular weight is 547 g/mol. The van der Waals surface area contributed by atoms with E-state index in [9.17, 15) is 13.2 Å². The van der Waals surface area contributed by atoms with E-state index in [2.05, 4.69) is 16.9 Å². The number of nitrogens with one attached hydrogen (secondary N) is 1. The highest BCUT2D eigenvalue weighted by Crippen LogP contribution is 2.27. The van der Waals surface area contributed by atoms with Crippen LogP contribution in [0.5, 0.6) is 11.5 Å². The molecule has 0 unspecified atom stereocenters. The number of carbonyl (C=O) groups excluding carboxylic acids is 1. The first-order valence-corrected chi connectivity index (χ1v) is 13.5. The second kappa shape index (κ2) is 12.0. The first kappa shape index (κ1) is 27.6. The van der Waals surface area contributed by atoms with Gasteiger partial charge in [0.15, 0.2) is 0 Å². The fourth-order valence-corrected chi connectivity index (χ4v) is 5.25. The van der Waals surface area contributed by atoms with E-state index in [1.807, 2.05) is 43.3 Å². The Morgan fingerprint density at radius 1 is 0.974 bits per heavy atom. The van der Waals surface area contributed by atoms with Crippen molar-refractivity contribution in [3.8, 4) is 28.4 Å². The normalized spacial score (nSPS) is 11.3. The number of sulfonamides is 1. The van der Waals surface area contributed by atoms with Crippen LogP contribution in [0.4, 0.5) is 5.95 Å². The summed E-state index contributed by atoms with van der Waals surface area (Å²) in [6, 6.07) is 21.1. The molecular weight excluding hydrogens is 516 g/mol. The molecule has 1 aromatic heterocycles. The second-order valence-electron chi connectivity index (χ2n) is 8.69. The monoisotopic (exact) mass is 546 g/mol. The van der Waals surface area contributed by atoms with Crippen molar-refractivity contribution in [1.82, 2.24) is 13.9 Å². The van der Waals surface area contributed by atoms with Crippen molar-refractivity contribution in [3.63, 3.8) is 0 Å². The van der Waals surface area contributed by atoms with Crippen LogP contribution in [0.15, 0.2) is 96.5 Å². The molecule has 0 aliphatic heterocycles. The predicted molar refractivity (Wildman–Crippen MR) is 151 cm³/mol. The molecule has 0 radical (unpaired) electrons. The molecule has 0 fully saturated rings. The number of anilines is 1. The van der Waals surface area contributed by atoms with Crippen molar-refractivity contribution in [2.45, 2.75) is 11.8 Å². The van der Waals surface area contributed by atoms with Crippen molar-refractivity contribution in [3.05, 3.63) is 97.2 Å². The molecule has 0 aliphatic rings. The molecule has 10 heteroatoms. The van der Waals surface area contributed by atoms with Gasteiger partial charge in [-0.3, -0.25) is 14.7 Å². The summed E-state index contributed by atoms with van der Waals surface area (Å²) >= 11 is 0. The van der Waals surface area contributed by atoms with Crippen LogP contribution < -0.4 is 14.8 Å². The first-order valence-electron chi connectivity index (χ1n) is 12.1. The molecule has 0 saturated carbocycles. The maximum absolute atomic E-state index is 13.3. The van der Waals surface area contributed by atoms with E-state index >= 15 is 0 Å². The van der Waals surface area contributed by atoms with Gasteiger partial charge in [-0.1, -0.05) is 23.8 Å². The Kier molecular flexibility index (Phi) is 8.48. The van der Waals surface area contributed by atoms with Crippen molar-refractivity contribution < 1.29 is 22.7 Å². The van der Waals surface area contributed by atoms with Crippen molar-refractivity contribution in [1.29, 1.82) is 0 Å². The summed E-state index contributed by atoms with van der Waals surface area (Å²) in [7, 11) is -0.758. The minimum absolute atomic E-state index is 0.0341. The van der Waals surface area contributed by atoms with Crippen LogP contribution in [0.3, 0.4) is 0 Å². The third-order valence-corrected chi connectivity index (χ3v) is 7.83. The van der Waals surface area contributed by atoms with Crippen molar-refractivity contribution >= 4 is 21.9 Å². The quantitative estimate of drug-likeness (QED) is 0.274. The number of imidazole rings is 1. The number of methoxy groups -OCH3 is 2. The average Bonchev–Trinajstić information content (AvgIpc) is 3.36. The summed E-state index contributed by atoms with van der Waals surface area (Å²) in [5.74, 6) is 1.08. The molecular formula is C29H30N4O5S. The zero-order valence-electron chi connectivity index (χ0n) is 22.0. The van der Waals surface area contributed by atoms with Gasteiger partial charge in [0.05, 0.1) is 31.4 Å². The lowest BCUT2D eigenvalue weighted by Crippen LogP contribution is -2.38. The fraction of sp³-hybridized carbons (Fsp3) is 0.172. The van der Waals surface area contributed by atoms with Gasteiger partial charge < -0.3 is 9.47 Å². The third kappa shape index (κ3) is 6.36. The zero-order valence-corrected chi connectivity index (χ0v) is 22.8. The number of hydrogen-bond acceptors (Lipinski definition) is 6. The molecule has 39 heavy (non-hydrogen) atoms. The number of nitrogens with zero attached hydrogens (tertiary/aromatic N) is 3. The fourth-order valence-electron chi connectivity index (χ4n) is 3.88. The van der Waals surface area contributed by atoms with Crippen LogP contribution in [0.25, 0.3) is 16.9 Å². The topological polar surface area (TPSA) is 103 Å². The van der Waals surface area contributed by atoms with E-state index < -0.39 is 22.5 Å². The number of ether oxygens (including phenoxy) is 2. The number of carbonyl (C=O) groups is 1. The maximum Gasteiger partial charge on any atom is 0.243 e.